The number of hydrogen-bond donors (Lipinski definition) is 1. The summed E-state index contributed by atoms with van der Waals surface area (Å²) >= 11 is 0. The molecule has 1 aromatic carbocycles. The normalized spacial score (nSPS) is 20.4. The van der Waals surface area contributed by atoms with E-state index in [2.05, 4.69) is 4.90 Å². The highest BCUT2D eigenvalue weighted by atomic mass is 16.4. The lowest BCUT2D eigenvalue weighted by Crippen LogP contribution is -2.29. The standard InChI is InChI=1S/C14H19N3O2/c15-9-11-5-6-16(10-11)7-8-17-12-3-1-2-4-13(12)19-14(17)18/h1-4,11H,5-10,15H2. The molecule has 0 amide bonds. The Kier molecular flexibility index (Phi) is 3.40. The number of nitrogens with two attached hydrogens (primary N) is 1. The Morgan fingerprint density at radius 2 is 2.16 bits per heavy atom. The Balaban J connectivity index is 1.72. The molecule has 2 N–H and O–H groups in total. The van der Waals surface area contributed by atoms with Gasteiger partial charge in [-0.3, -0.25) is 4.57 Å². The summed E-state index contributed by atoms with van der Waals surface area (Å²) in [5, 5.41) is 0. The van der Waals surface area contributed by atoms with E-state index in [9.17, 15) is 4.79 Å². The van der Waals surface area contributed by atoms with E-state index >= 15 is 0 Å². The maximum atomic E-state index is 11.8. The quantitative estimate of drug-likeness (QED) is 0.887. The van der Waals surface area contributed by atoms with Crippen molar-refractivity contribution in [2.75, 3.05) is 26.2 Å². The maximum Gasteiger partial charge on any atom is 0.419 e. The monoisotopic (exact) mass is 261 g/mol. The molecular formula is C14H19N3O2. The van der Waals surface area contributed by atoms with Crippen LogP contribution in [0.15, 0.2) is 33.5 Å². The first-order valence-corrected chi connectivity index (χ1v) is 6.78. The van der Waals surface area contributed by atoms with Gasteiger partial charge in [-0.25, -0.2) is 4.79 Å². The van der Waals surface area contributed by atoms with Gasteiger partial charge in [-0.1, -0.05) is 12.1 Å². The van der Waals surface area contributed by atoms with E-state index in [1.807, 2.05) is 24.3 Å². The smallest absolute Gasteiger partial charge is 0.408 e. The molecule has 1 aliphatic heterocycles. The molecule has 1 saturated heterocycles. The zero-order chi connectivity index (χ0) is 13.2. The van der Waals surface area contributed by atoms with Crippen molar-refractivity contribution >= 4 is 11.1 Å². The van der Waals surface area contributed by atoms with Crippen LogP contribution in [0.1, 0.15) is 6.42 Å². The van der Waals surface area contributed by atoms with Crippen LogP contribution < -0.4 is 11.5 Å². The van der Waals surface area contributed by atoms with E-state index in [1.165, 1.54) is 0 Å². The second-order valence-electron chi connectivity index (χ2n) is 5.18. The molecule has 1 fully saturated rings. The minimum absolute atomic E-state index is 0.268. The molecule has 0 saturated carbocycles. The van der Waals surface area contributed by atoms with Gasteiger partial charge in [0.2, 0.25) is 0 Å². The fraction of sp³-hybridized carbons (Fsp3) is 0.500. The highest BCUT2D eigenvalue weighted by molar-refractivity contribution is 5.72. The van der Waals surface area contributed by atoms with E-state index in [-0.39, 0.29) is 5.76 Å². The van der Waals surface area contributed by atoms with E-state index < -0.39 is 0 Å². The van der Waals surface area contributed by atoms with Gasteiger partial charge in [0.05, 0.1) is 5.52 Å². The number of benzene rings is 1. The van der Waals surface area contributed by atoms with Gasteiger partial charge in [0, 0.05) is 19.6 Å². The third-order valence-corrected chi connectivity index (χ3v) is 3.92. The average Bonchev–Trinajstić information content (AvgIpc) is 3.00. The minimum Gasteiger partial charge on any atom is -0.408 e. The molecule has 2 heterocycles. The van der Waals surface area contributed by atoms with Crippen molar-refractivity contribution in [1.29, 1.82) is 0 Å². The second-order valence-corrected chi connectivity index (χ2v) is 5.18. The molecule has 0 bridgehead atoms. The van der Waals surface area contributed by atoms with Crippen molar-refractivity contribution in [3.63, 3.8) is 0 Å². The molecule has 1 aliphatic rings. The van der Waals surface area contributed by atoms with Gasteiger partial charge in [0.15, 0.2) is 5.58 Å². The van der Waals surface area contributed by atoms with E-state index in [0.717, 1.165) is 38.1 Å². The van der Waals surface area contributed by atoms with Crippen LogP contribution in [-0.4, -0.2) is 35.6 Å². The fourth-order valence-electron chi connectivity index (χ4n) is 2.78. The minimum atomic E-state index is -0.268. The molecule has 2 aromatic rings. The third-order valence-electron chi connectivity index (χ3n) is 3.92. The fourth-order valence-corrected chi connectivity index (χ4v) is 2.78. The number of rotatable bonds is 4. The first kappa shape index (κ1) is 12.4. The summed E-state index contributed by atoms with van der Waals surface area (Å²) < 4.78 is 6.94. The Labute approximate surface area is 111 Å². The van der Waals surface area contributed by atoms with Crippen molar-refractivity contribution in [1.82, 2.24) is 9.47 Å². The van der Waals surface area contributed by atoms with Crippen LogP contribution in [0, 0.1) is 5.92 Å². The van der Waals surface area contributed by atoms with Gasteiger partial charge in [-0.05, 0) is 37.6 Å². The predicted molar refractivity (Wildman–Crippen MR) is 74.1 cm³/mol. The van der Waals surface area contributed by atoms with Crippen LogP contribution in [-0.2, 0) is 6.54 Å². The molecular weight excluding hydrogens is 242 g/mol. The molecule has 0 radical (unpaired) electrons. The lowest BCUT2D eigenvalue weighted by Gasteiger charge is -2.15. The summed E-state index contributed by atoms with van der Waals surface area (Å²) in [5.74, 6) is 0.341. The lowest BCUT2D eigenvalue weighted by molar-refractivity contribution is 0.307. The number of aromatic nitrogens is 1. The molecule has 0 aliphatic carbocycles. The number of oxazole rings is 1. The summed E-state index contributed by atoms with van der Waals surface area (Å²) in [6, 6.07) is 7.55. The molecule has 0 spiro atoms. The molecule has 5 heteroatoms. The average molecular weight is 261 g/mol. The van der Waals surface area contributed by atoms with E-state index in [4.69, 9.17) is 10.2 Å². The summed E-state index contributed by atoms with van der Waals surface area (Å²) in [4.78, 5) is 14.2. The van der Waals surface area contributed by atoms with Crippen LogP contribution in [0.5, 0.6) is 0 Å². The zero-order valence-corrected chi connectivity index (χ0v) is 10.9. The third kappa shape index (κ3) is 2.43. The van der Waals surface area contributed by atoms with E-state index in [0.29, 0.717) is 18.0 Å². The second kappa shape index (κ2) is 5.19. The summed E-state index contributed by atoms with van der Waals surface area (Å²) in [6.45, 7) is 4.42. The molecule has 1 atom stereocenters. The van der Waals surface area contributed by atoms with Gasteiger partial charge in [0.25, 0.3) is 0 Å². The van der Waals surface area contributed by atoms with Crippen molar-refractivity contribution in [3.8, 4) is 0 Å². The number of hydrogen-bond acceptors (Lipinski definition) is 4. The van der Waals surface area contributed by atoms with Gasteiger partial charge in [-0.2, -0.15) is 0 Å². The number of likely N-dealkylation sites (tertiary alicyclic amines) is 1. The molecule has 5 nitrogen and oxygen atoms in total. The SMILES string of the molecule is NCC1CCN(CCn2c(=O)oc3ccccc32)C1. The van der Waals surface area contributed by atoms with Crippen molar-refractivity contribution in [2.45, 2.75) is 13.0 Å². The number of para-hydroxylation sites is 2. The van der Waals surface area contributed by atoms with Crippen LogP contribution in [0.25, 0.3) is 11.1 Å². The Bertz CT molecular complexity index is 616. The summed E-state index contributed by atoms with van der Waals surface area (Å²) in [5.41, 5.74) is 7.23. The Morgan fingerprint density at radius 3 is 2.95 bits per heavy atom. The maximum absolute atomic E-state index is 11.8. The van der Waals surface area contributed by atoms with Crippen molar-refractivity contribution in [2.24, 2.45) is 11.7 Å². The van der Waals surface area contributed by atoms with Gasteiger partial charge < -0.3 is 15.1 Å². The first-order chi connectivity index (χ1) is 9.28. The number of fused-ring (bicyclic) bond motifs is 1. The topological polar surface area (TPSA) is 64.4 Å². The highest BCUT2D eigenvalue weighted by Gasteiger charge is 2.21. The number of nitrogens with zero attached hydrogens (tertiary/aromatic N) is 2. The lowest BCUT2D eigenvalue weighted by atomic mass is 10.1. The van der Waals surface area contributed by atoms with Crippen LogP contribution >= 0.6 is 0 Å². The Morgan fingerprint density at radius 1 is 1.32 bits per heavy atom. The predicted octanol–water partition coefficient (Wildman–Crippen LogP) is 0.875. The molecule has 3 rings (SSSR count). The molecule has 1 aromatic heterocycles. The summed E-state index contributed by atoms with van der Waals surface area (Å²) in [7, 11) is 0. The molecule has 19 heavy (non-hydrogen) atoms. The van der Waals surface area contributed by atoms with Crippen LogP contribution in [0.2, 0.25) is 0 Å². The summed E-state index contributed by atoms with van der Waals surface area (Å²) in [6.07, 6.45) is 1.16. The van der Waals surface area contributed by atoms with Crippen LogP contribution in [0.3, 0.4) is 0 Å². The largest absolute Gasteiger partial charge is 0.419 e. The Hall–Kier alpha value is -1.59. The van der Waals surface area contributed by atoms with Crippen molar-refractivity contribution in [3.05, 3.63) is 34.8 Å². The molecule has 102 valence electrons. The highest BCUT2D eigenvalue weighted by Crippen LogP contribution is 2.15. The van der Waals surface area contributed by atoms with Gasteiger partial charge >= 0.3 is 5.76 Å². The van der Waals surface area contributed by atoms with Crippen LogP contribution in [0.4, 0.5) is 0 Å². The van der Waals surface area contributed by atoms with Crippen molar-refractivity contribution < 1.29 is 4.42 Å². The van der Waals surface area contributed by atoms with Gasteiger partial charge in [0.1, 0.15) is 0 Å². The zero-order valence-electron chi connectivity index (χ0n) is 10.9. The first-order valence-electron chi connectivity index (χ1n) is 6.78. The molecule has 1 unspecified atom stereocenters. The van der Waals surface area contributed by atoms with Gasteiger partial charge in [-0.15, -0.1) is 0 Å². The van der Waals surface area contributed by atoms with E-state index in [1.54, 1.807) is 4.57 Å².